The predicted molar refractivity (Wildman–Crippen MR) is 101 cm³/mol. The van der Waals surface area contributed by atoms with E-state index in [2.05, 4.69) is 10.3 Å². The van der Waals surface area contributed by atoms with Crippen molar-refractivity contribution in [2.75, 3.05) is 5.32 Å². The molecule has 0 aliphatic rings. The molecule has 7 heteroatoms. The lowest BCUT2D eigenvalue weighted by molar-refractivity contribution is -0.115. The Kier molecular flexibility index (Phi) is 5.84. The summed E-state index contributed by atoms with van der Waals surface area (Å²) in [4.78, 5) is 16.5. The Bertz CT molecular complexity index is 931. The lowest BCUT2D eigenvalue weighted by atomic mass is 10.2. The molecule has 0 unspecified atom stereocenters. The third-order valence-electron chi connectivity index (χ3n) is 3.41. The van der Waals surface area contributed by atoms with E-state index in [0.29, 0.717) is 34.3 Å². The van der Waals surface area contributed by atoms with Crippen LogP contribution < -0.4 is 10.1 Å². The molecule has 2 aromatic carbocycles. The minimum Gasteiger partial charge on any atom is -0.486 e. The molecule has 1 heterocycles. The maximum absolute atomic E-state index is 12.1. The number of carbonyl (C=O) groups is 1. The Hall–Kier alpha value is -2.88. The summed E-state index contributed by atoms with van der Waals surface area (Å²) in [7, 11) is 0. The molecule has 0 bridgehead atoms. The summed E-state index contributed by atoms with van der Waals surface area (Å²) in [5.74, 6) is 0.551. The number of hydrogen-bond donors (Lipinski definition) is 1. The van der Waals surface area contributed by atoms with Gasteiger partial charge in [-0.15, -0.1) is 11.3 Å². The molecule has 0 aliphatic carbocycles. The van der Waals surface area contributed by atoms with Crippen molar-refractivity contribution < 1.29 is 9.53 Å². The second kappa shape index (κ2) is 8.48. The molecule has 26 heavy (non-hydrogen) atoms. The first-order chi connectivity index (χ1) is 12.6. The smallest absolute Gasteiger partial charge is 0.230 e. The molecule has 0 radical (unpaired) electrons. The molecule has 5 nitrogen and oxygen atoms in total. The van der Waals surface area contributed by atoms with Crippen molar-refractivity contribution in [2.45, 2.75) is 13.0 Å². The van der Waals surface area contributed by atoms with Gasteiger partial charge < -0.3 is 10.1 Å². The van der Waals surface area contributed by atoms with Crippen LogP contribution >= 0.6 is 22.9 Å². The molecule has 0 saturated carbocycles. The molecule has 3 aromatic rings. The van der Waals surface area contributed by atoms with Crippen molar-refractivity contribution in [1.29, 1.82) is 5.26 Å². The summed E-state index contributed by atoms with van der Waals surface area (Å²) in [6.07, 6.45) is 0.178. The molecule has 0 spiro atoms. The number of nitriles is 1. The minimum absolute atomic E-state index is 0.162. The molecule has 0 aliphatic heterocycles. The molecule has 130 valence electrons. The molecular formula is C19H14ClN3O2S. The van der Waals surface area contributed by atoms with Crippen molar-refractivity contribution in [2.24, 2.45) is 0 Å². The van der Waals surface area contributed by atoms with Gasteiger partial charge in [0.15, 0.2) is 0 Å². The van der Waals surface area contributed by atoms with Gasteiger partial charge in [0, 0.05) is 16.1 Å². The first-order valence-corrected chi connectivity index (χ1v) is 9.00. The average Bonchev–Trinajstić information content (AvgIpc) is 3.09. The highest BCUT2D eigenvalue weighted by Gasteiger charge is 2.09. The molecule has 0 saturated heterocycles. The predicted octanol–water partition coefficient (Wildman–Crippen LogP) is 4.43. The number of thiazole rings is 1. The molecular weight excluding hydrogens is 370 g/mol. The van der Waals surface area contributed by atoms with Gasteiger partial charge in [-0.05, 0) is 48.5 Å². The third kappa shape index (κ3) is 5.06. The summed E-state index contributed by atoms with van der Waals surface area (Å²) < 4.78 is 5.65. The van der Waals surface area contributed by atoms with E-state index in [1.807, 2.05) is 11.4 Å². The molecule has 0 fully saturated rings. The zero-order valence-electron chi connectivity index (χ0n) is 13.6. The Morgan fingerprint density at radius 2 is 1.92 bits per heavy atom. The standard InChI is InChI=1S/C19H14ClN3O2S/c20-14-3-7-17(8-4-14)25-11-19-23-16(12-26-19)9-18(24)22-15-5-1-13(10-21)2-6-15/h1-8,12H,9,11H2,(H,22,24). The normalized spacial score (nSPS) is 10.2. The fraction of sp³-hybridized carbons (Fsp3) is 0.105. The van der Waals surface area contributed by atoms with Crippen molar-refractivity contribution >= 4 is 34.5 Å². The van der Waals surface area contributed by atoms with Crippen molar-refractivity contribution in [3.63, 3.8) is 0 Å². The van der Waals surface area contributed by atoms with Crippen LogP contribution in [0.5, 0.6) is 5.75 Å². The minimum atomic E-state index is -0.162. The summed E-state index contributed by atoms with van der Waals surface area (Å²) in [6, 6.07) is 15.9. The number of halogens is 1. The number of carbonyl (C=O) groups excluding carboxylic acids is 1. The third-order valence-corrected chi connectivity index (χ3v) is 4.54. The van der Waals surface area contributed by atoms with Gasteiger partial charge in [-0.25, -0.2) is 4.98 Å². The van der Waals surface area contributed by atoms with Crippen molar-refractivity contribution in [1.82, 2.24) is 4.98 Å². The van der Waals surface area contributed by atoms with E-state index >= 15 is 0 Å². The maximum Gasteiger partial charge on any atom is 0.230 e. The van der Waals surface area contributed by atoms with Crippen LogP contribution in [0.25, 0.3) is 0 Å². The van der Waals surface area contributed by atoms with Crippen LogP contribution in [-0.2, 0) is 17.8 Å². The van der Waals surface area contributed by atoms with E-state index in [1.165, 1.54) is 11.3 Å². The Morgan fingerprint density at radius 3 is 2.62 bits per heavy atom. The van der Waals surface area contributed by atoms with Crippen LogP contribution in [0.1, 0.15) is 16.3 Å². The van der Waals surface area contributed by atoms with Crippen LogP contribution in [0, 0.1) is 11.3 Å². The van der Waals surface area contributed by atoms with Crippen molar-refractivity contribution in [3.8, 4) is 11.8 Å². The monoisotopic (exact) mass is 383 g/mol. The second-order valence-electron chi connectivity index (χ2n) is 5.39. The van der Waals surface area contributed by atoms with Gasteiger partial charge >= 0.3 is 0 Å². The van der Waals surface area contributed by atoms with Gasteiger partial charge in [0.25, 0.3) is 0 Å². The zero-order valence-corrected chi connectivity index (χ0v) is 15.2. The van der Waals surface area contributed by atoms with E-state index in [-0.39, 0.29) is 12.3 Å². The summed E-state index contributed by atoms with van der Waals surface area (Å²) in [5.41, 5.74) is 1.89. The van der Waals surface area contributed by atoms with E-state index in [9.17, 15) is 4.79 Å². The summed E-state index contributed by atoms with van der Waals surface area (Å²) >= 11 is 7.28. The number of benzene rings is 2. The lowest BCUT2D eigenvalue weighted by Gasteiger charge is -2.04. The SMILES string of the molecule is N#Cc1ccc(NC(=O)Cc2csc(COc3ccc(Cl)cc3)n2)cc1. The van der Waals surface area contributed by atoms with E-state index in [4.69, 9.17) is 21.6 Å². The Balaban J connectivity index is 1.51. The van der Waals surface area contributed by atoms with Gasteiger partial charge in [-0.1, -0.05) is 11.6 Å². The van der Waals surface area contributed by atoms with E-state index < -0.39 is 0 Å². The number of hydrogen-bond acceptors (Lipinski definition) is 5. The number of rotatable bonds is 6. The van der Waals surface area contributed by atoms with Crippen molar-refractivity contribution in [3.05, 3.63) is 75.2 Å². The highest BCUT2D eigenvalue weighted by molar-refractivity contribution is 7.09. The number of ether oxygens (including phenoxy) is 1. The van der Waals surface area contributed by atoms with Gasteiger partial charge in [-0.3, -0.25) is 4.79 Å². The number of amides is 1. The van der Waals surface area contributed by atoms with E-state index in [0.717, 1.165) is 5.01 Å². The van der Waals surface area contributed by atoms with Crippen LogP contribution in [0.2, 0.25) is 5.02 Å². The molecule has 3 rings (SSSR count). The number of anilines is 1. The summed E-state index contributed by atoms with van der Waals surface area (Å²) in [6.45, 7) is 0.337. The van der Waals surface area contributed by atoms with Gasteiger partial charge in [0.1, 0.15) is 17.4 Å². The van der Waals surface area contributed by atoms with Gasteiger partial charge in [-0.2, -0.15) is 5.26 Å². The Morgan fingerprint density at radius 1 is 1.19 bits per heavy atom. The number of nitrogens with one attached hydrogen (secondary N) is 1. The van der Waals surface area contributed by atoms with E-state index in [1.54, 1.807) is 48.5 Å². The van der Waals surface area contributed by atoms with Crippen LogP contribution in [-0.4, -0.2) is 10.9 Å². The summed E-state index contributed by atoms with van der Waals surface area (Å²) in [5, 5.41) is 14.9. The molecule has 1 N–H and O–H groups in total. The zero-order chi connectivity index (χ0) is 18.4. The van der Waals surface area contributed by atoms with Crippen LogP contribution in [0.4, 0.5) is 5.69 Å². The first-order valence-electron chi connectivity index (χ1n) is 7.74. The fourth-order valence-corrected chi connectivity index (χ4v) is 3.00. The molecule has 1 amide bonds. The Labute approximate surface area is 159 Å². The number of nitrogens with zero attached hydrogens (tertiary/aromatic N) is 2. The highest BCUT2D eigenvalue weighted by atomic mass is 35.5. The van der Waals surface area contributed by atoms with Gasteiger partial charge in [0.2, 0.25) is 5.91 Å². The molecule has 1 aromatic heterocycles. The largest absolute Gasteiger partial charge is 0.486 e. The van der Waals surface area contributed by atoms with Crippen LogP contribution in [0.3, 0.4) is 0 Å². The number of aromatic nitrogens is 1. The van der Waals surface area contributed by atoms with Gasteiger partial charge in [0.05, 0.1) is 23.7 Å². The quantitative estimate of drug-likeness (QED) is 0.683. The first kappa shape index (κ1) is 17.9. The highest BCUT2D eigenvalue weighted by Crippen LogP contribution is 2.18. The lowest BCUT2D eigenvalue weighted by Crippen LogP contribution is -2.14. The molecule has 0 atom stereocenters. The average molecular weight is 384 g/mol. The maximum atomic E-state index is 12.1. The second-order valence-corrected chi connectivity index (χ2v) is 6.77. The van der Waals surface area contributed by atoms with Crippen LogP contribution in [0.15, 0.2) is 53.9 Å². The topological polar surface area (TPSA) is 75.0 Å². The fourth-order valence-electron chi connectivity index (χ4n) is 2.17.